The van der Waals surface area contributed by atoms with E-state index in [0.717, 1.165) is 48.1 Å². The van der Waals surface area contributed by atoms with E-state index in [2.05, 4.69) is 5.32 Å². The van der Waals surface area contributed by atoms with Crippen molar-refractivity contribution in [3.8, 4) is 0 Å². The Balaban J connectivity index is 1.81. The van der Waals surface area contributed by atoms with Crippen molar-refractivity contribution < 1.29 is 22.7 Å². The zero-order valence-corrected chi connectivity index (χ0v) is 17.3. The van der Waals surface area contributed by atoms with Crippen LogP contribution in [0.4, 0.5) is 9.80 Å². The molecule has 9 heteroatoms. The van der Waals surface area contributed by atoms with E-state index in [-0.39, 0.29) is 4.90 Å². The Morgan fingerprint density at radius 2 is 1.82 bits per heavy atom. The summed E-state index contributed by atoms with van der Waals surface area (Å²) in [5, 5.41) is 2.83. The number of nitrogens with one attached hydrogen (secondary N) is 2. The number of ether oxygens (including phenoxy) is 1. The fourth-order valence-electron chi connectivity index (χ4n) is 3.19. The van der Waals surface area contributed by atoms with Gasteiger partial charge in [-0.3, -0.25) is 5.32 Å². The van der Waals surface area contributed by atoms with Gasteiger partial charge in [-0.15, -0.1) is 11.3 Å². The van der Waals surface area contributed by atoms with Crippen LogP contribution in [0.2, 0.25) is 0 Å². The highest BCUT2D eigenvalue weighted by Crippen LogP contribution is 2.38. The predicted molar refractivity (Wildman–Crippen MR) is 107 cm³/mol. The van der Waals surface area contributed by atoms with Crippen LogP contribution in [0.25, 0.3) is 0 Å². The van der Waals surface area contributed by atoms with Crippen molar-refractivity contribution in [3.63, 3.8) is 0 Å². The highest BCUT2D eigenvalue weighted by atomic mass is 32.2. The van der Waals surface area contributed by atoms with Crippen molar-refractivity contribution in [1.82, 2.24) is 4.72 Å². The van der Waals surface area contributed by atoms with E-state index >= 15 is 0 Å². The third-order valence-corrected chi connectivity index (χ3v) is 7.21. The molecule has 2 aromatic rings. The Hall–Kier alpha value is -2.39. The number of carbonyl (C=O) groups excluding carboxylic acids is 2. The van der Waals surface area contributed by atoms with Crippen LogP contribution < -0.4 is 10.0 Å². The molecule has 0 saturated heterocycles. The molecule has 0 radical (unpaired) electrons. The van der Waals surface area contributed by atoms with Crippen molar-refractivity contribution in [2.24, 2.45) is 0 Å². The largest absolute Gasteiger partial charge is 0.465 e. The quantitative estimate of drug-likeness (QED) is 0.718. The number of hydrogen-bond acceptors (Lipinski definition) is 6. The van der Waals surface area contributed by atoms with Gasteiger partial charge in [-0.2, -0.15) is 0 Å². The van der Waals surface area contributed by atoms with Gasteiger partial charge in [0.2, 0.25) is 0 Å². The van der Waals surface area contributed by atoms with Crippen LogP contribution in [-0.2, 0) is 34.0 Å². The minimum Gasteiger partial charge on any atom is -0.465 e. The molecular weight excluding hydrogens is 400 g/mol. The average molecular weight is 423 g/mol. The molecule has 1 heterocycles. The molecule has 2 amide bonds. The van der Waals surface area contributed by atoms with Gasteiger partial charge in [0, 0.05) is 4.88 Å². The summed E-state index contributed by atoms with van der Waals surface area (Å²) < 4.78 is 31.7. The number of esters is 1. The van der Waals surface area contributed by atoms with E-state index in [0.29, 0.717) is 10.6 Å². The molecule has 0 fully saturated rings. The SMILES string of the molecule is CCc1ccc(S(=O)(=O)NC(=O)Nc2sc3c(c2C(=O)OC)CCCC3)cc1. The summed E-state index contributed by atoms with van der Waals surface area (Å²) in [6.07, 6.45) is 4.33. The maximum absolute atomic E-state index is 12.4. The second kappa shape index (κ2) is 8.32. The number of aryl methyl sites for hydroxylation is 2. The first kappa shape index (κ1) is 20.3. The number of rotatable bonds is 5. The van der Waals surface area contributed by atoms with Gasteiger partial charge in [0.1, 0.15) is 5.00 Å². The van der Waals surface area contributed by atoms with Crippen molar-refractivity contribution in [2.45, 2.75) is 43.9 Å². The number of fused-ring (bicyclic) bond motifs is 1. The molecule has 150 valence electrons. The molecule has 1 aliphatic rings. The topological polar surface area (TPSA) is 102 Å². The van der Waals surface area contributed by atoms with Crippen molar-refractivity contribution in [2.75, 3.05) is 12.4 Å². The number of benzene rings is 1. The van der Waals surface area contributed by atoms with Crippen LogP contribution >= 0.6 is 11.3 Å². The van der Waals surface area contributed by atoms with E-state index in [9.17, 15) is 18.0 Å². The average Bonchev–Trinajstić information content (AvgIpc) is 3.04. The lowest BCUT2D eigenvalue weighted by molar-refractivity contribution is 0.0601. The van der Waals surface area contributed by atoms with E-state index in [1.807, 2.05) is 11.6 Å². The van der Waals surface area contributed by atoms with Gasteiger partial charge >= 0.3 is 12.0 Å². The maximum Gasteiger partial charge on any atom is 0.341 e. The fraction of sp³-hybridized carbons (Fsp3) is 0.368. The van der Waals surface area contributed by atoms with Crippen molar-refractivity contribution in [1.29, 1.82) is 0 Å². The Morgan fingerprint density at radius 3 is 2.46 bits per heavy atom. The summed E-state index contributed by atoms with van der Waals surface area (Å²) in [7, 11) is -2.74. The zero-order valence-electron chi connectivity index (χ0n) is 15.7. The standard InChI is InChI=1S/C19H22N2O5S2/c1-3-12-8-10-13(11-9-12)28(24,25)21-19(23)20-17-16(18(22)26-2)14-6-4-5-7-15(14)27-17/h8-11H,3-7H2,1-2H3,(H2,20,21,23). The molecule has 28 heavy (non-hydrogen) atoms. The minimum atomic E-state index is -4.02. The summed E-state index contributed by atoms with van der Waals surface area (Å²) in [4.78, 5) is 25.6. The summed E-state index contributed by atoms with van der Waals surface area (Å²) in [5.41, 5.74) is 2.20. The van der Waals surface area contributed by atoms with Gasteiger partial charge in [-0.05, 0) is 55.4 Å². The van der Waals surface area contributed by atoms with E-state index in [4.69, 9.17) is 4.74 Å². The lowest BCUT2D eigenvalue weighted by Crippen LogP contribution is -2.34. The summed E-state index contributed by atoms with van der Waals surface area (Å²) in [6.45, 7) is 1.97. The highest BCUT2D eigenvalue weighted by molar-refractivity contribution is 7.90. The van der Waals surface area contributed by atoms with Crippen LogP contribution in [0.5, 0.6) is 0 Å². The van der Waals surface area contributed by atoms with E-state index in [1.165, 1.54) is 30.6 Å². The maximum atomic E-state index is 12.4. The van der Waals surface area contributed by atoms with Gasteiger partial charge in [0.05, 0.1) is 17.6 Å². The summed E-state index contributed by atoms with van der Waals surface area (Å²) >= 11 is 1.29. The number of sulfonamides is 1. The molecule has 1 aromatic heterocycles. The fourth-order valence-corrected chi connectivity index (χ4v) is 5.37. The van der Waals surface area contributed by atoms with E-state index in [1.54, 1.807) is 12.1 Å². The molecule has 0 saturated carbocycles. The van der Waals surface area contributed by atoms with E-state index < -0.39 is 22.0 Å². The summed E-state index contributed by atoms with van der Waals surface area (Å²) in [6, 6.07) is 5.41. The monoisotopic (exact) mass is 422 g/mol. The number of amides is 2. The molecule has 2 N–H and O–H groups in total. The Kier molecular flexibility index (Phi) is 6.04. The third kappa shape index (κ3) is 4.20. The van der Waals surface area contributed by atoms with Crippen molar-refractivity contribution >= 4 is 38.4 Å². The zero-order chi connectivity index (χ0) is 20.3. The molecule has 1 aromatic carbocycles. The molecule has 7 nitrogen and oxygen atoms in total. The molecule has 0 bridgehead atoms. The van der Waals surface area contributed by atoms with Crippen LogP contribution in [0, 0.1) is 0 Å². The smallest absolute Gasteiger partial charge is 0.341 e. The molecule has 1 aliphatic carbocycles. The molecule has 0 aliphatic heterocycles. The summed E-state index contributed by atoms with van der Waals surface area (Å²) in [5.74, 6) is -0.535. The number of carbonyl (C=O) groups is 2. The molecule has 0 atom stereocenters. The van der Waals surface area contributed by atoms with Crippen LogP contribution in [0.3, 0.4) is 0 Å². The first-order valence-corrected chi connectivity index (χ1v) is 11.3. The van der Waals surface area contributed by atoms with Gasteiger partial charge < -0.3 is 4.74 Å². The Labute approximate surface area is 168 Å². The first-order chi connectivity index (χ1) is 13.4. The normalized spacial score (nSPS) is 13.5. The first-order valence-electron chi connectivity index (χ1n) is 9.01. The number of urea groups is 1. The lowest BCUT2D eigenvalue weighted by atomic mass is 9.95. The molecule has 3 rings (SSSR count). The van der Waals surface area contributed by atoms with Gasteiger partial charge in [-0.1, -0.05) is 19.1 Å². The lowest BCUT2D eigenvalue weighted by Gasteiger charge is -2.12. The predicted octanol–water partition coefficient (Wildman–Crippen LogP) is 3.49. The number of thiophene rings is 1. The number of methoxy groups -OCH3 is 1. The number of anilines is 1. The number of hydrogen-bond donors (Lipinski definition) is 2. The van der Waals surface area contributed by atoms with Gasteiger partial charge in [0.15, 0.2) is 0 Å². The van der Waals surface area contributed by atoms with Crippen molar-refractivity contribution in [3.05, 3.63) is 45.8 Å². The van der Waals surface area contributed by atoms with Gasteiger partial charge in [0.25, 0.3) is 10.0 Å². The third-order valence-electron chi connectivity index (χ3n) is 4.66. The Morgan fingerprint density at radius 1 is 1.14 bits per heavy atom. The molecule has 0 unspecified atom stereocenters. The molecule has 0 spiro atoms. The second-order valence-electron chi connectivity index (χ2n) is 6.46. The van der Waals surface area contributed by atoms with Crippen LogP contribution in [0.1, 0.15) is 46.1 Å². The van der Waals surface area contributed by atoms with Crippen LogP contribution in [-0.4, -0.2) is 27.5 Å². The molecular formula is C19H22N2O5S2. The van der Waals surface area contributed by atoms with Gasteiger partial charge in [-0.25, -0.2) is 22.7 Å². The van der Waals surface area contributed by atoms with Crippen LogP contribution in [0.15, 0.2) is 29.2 Å². The second-order valence-corrected chi connectivity index (χ2v) is 9.25. The minimum absolute atomic E-state index is 0.00137. The Bertz CT molecular complexity index is 994. The highest BCUT2D eigenvalue weighted by Gasteiger charge is 2.28.